The average molecular weight is 883 g/mol. The van der Waals surface area contributed by atoms with Crippen LogP contribution in [0, 0.1) is 92.7 Å². The van der Waals surface area contributed by atoms with Crippen molar-refractivity contribution in [1.82, 2.24) is 0 Å². The Hall–Kier alpha value is -1.58. The fraction of sp³-hybridized carbons (Fsp3) is 0.900. The van der Waals surface area contributed by atoms with Crippen LogP contribution in [0.15, 0.2) is 23.3 Å². The minimum absolute atomic E-state index is 0.00687. The van der Waals surface area contributed by atoms with Crippen molar-refractivity contribution in [1.29, 1.82) is 0 Å². The average Bonchev–Trinajstić information content (AvgIpc) is 3.79. The summed E-state index contributed by atoms with van der Waals surface area (Å²) in [5.74, 6) is 9.95. The molecule has 0 aromatic rings. The standard InChI is InChI=1S/C60H98O4/c1-39(2)15-13-17-41(5)49-25-27-51-47-23-21-43-37-45(29-33-57(43,7)53(47)31-35-59(49,51)9)63-55(61)19-11-12-20-56(62)64-46-30-34-58(8)44(38-46)22-24-48-52-28-26-50(42(6)18-14-16-40(3)4)60(52,10)36-32-54(48)58/h21-22,39-42,45-54H,11-20,23-38H2,1-10H3/t41-,42-,45?,46?,47?,48?,49-,50-,51?,52?,53?,54?,57+,58+,59-,60-/m1/s1. The van der Waals surface area contributed by atoms with Gasteiger partial charge < -0.3 is 9.47 Å². The zero-order valence-electron chi connectivity index (χ0n) is 43.3. The number of hydrogen-bond acceptors (Lipinski definition) is 4. The molecule has 16 atom stereocenters. The normalized spacial score (nSPS) is 42.2. The Labute approximate surface area is 393 Å². The maximum atomic E-state index is 13.2. The number of unbranched alkanes of at least 4 members (excludes halogenated alkanes) is 1. The van der Waals surface area contributed by atoms with Gasteiger partial charge in [-0.2, -0.15) is 0 Å². The van der Waals surface area contributed by atoms with E-state index in [-0.39, 0.29) is 35.0 Å². The molecule has 8 aliphatic rings. The molecule has 8 rings (SSSR count). The van der Waals surface area contributed by atoms with Gasteiger partial charge in [0.25, 0.3) is 0 Å². The molecule has 4 heteroatoms. The lowest BCUT2D eigenvalue weighted by molar-refractivity contribution is -0.153. The molecule has 0 N–H and O–H groups in total. The first-order chi connectivity index (χ1) is 30.5. The van der Waals surface area contributed by atoms with Crippen LogP contribution in [0.1, 0.15) is 236 Å². The summed E-state index contributed by atoms with van der Waals surface area (Å²) in [7, 11) is 0. The van der Waals surface area contributed by atoms with Gasteiger partial charge in [-0.25, -0.2) is 0 Å². The molecule has 0 amide bonds. The highest BCUT2D eigenvalue weighted by atomic mass is 16.5. The van der Waals surface area contributed by atoms with Crippen molar-refractivity contribution in [2.24, 2.45) is 92.7 Å². The minimum atomic E-state index is -0.0781. The van der Waals surface area contributed by atoms with Crippen molar-refractivity contribution < 1.29 is 19.1 Å². The molecule has 6 fully saturated rings. The Bertz CT molecular complexity index is 1570. The predicted molar refractivity (Wildman–Crippen MR) is 264 cm³/mol. The predicted octanol–water partition coefficient (Wildman–Crippen LogP) is 16.5. The van der Waals surface area contributed by atoms with Crippen LogP contribution in [0.25, 0.3) is 0 Å². The van der Waals surface area contributed by atoms with Gasteiger partial charge in [-0.3, -0.25) is 9.59 Å². The zero-order chi connectivity index (χ0) is 45.6. The van der Waals surface area contributed by atoms with Gasteiger partial charge in [0.15, 0.2) is 0 Å². The number of hydrogen-bond donors (Lipinski definition) is 0. The Kier molecular flexibility index (Phi) is 15.1. The van der Waals surface area contributed by atoms with E-state index >= 15 is 0 Å². The first-order valence-electron chi connectivity index (χ1n) is 28.2. The number of fused-ring (bicyclic) bond motifs is 10. The summed E-state index contributed by atoms with van der Waals surface area (Å²) in [6.07, 6.45) is 35.7. The van der Waals surface area contributed by atoms with E-state index in [2.05, 4.69) is 81.4 Å². The lowest BCUT2D eigenvalue weighted by atomic mass is 9.47. The van der Waals surface area contributed by atoms with E-state index in [4.69, 9.17) is 9.47 Å². The molecule has 8 aliphatic carbocycles. The van der Waals surface area contributed by atoms with Crippen molar-refractivity contribution in [3.05, 3.63) is 23.3 Å². The van der Waals surface area contributed by atoms with Crippen LogP contribution in [0.3, 0.4) is 0 Å². The van der Waals surface area contributed by atoms with Gasteiger partial charge in [0.05, 0.1) is 0 Å². The Morgan fingerprint density at radius 1 is 0.516 bits per heavy atom. The molecular formula is C60H98O4. The maximum absolute atomic E-state index is 13.2. The van der Waals surface area contributed by atoms with Crippen molar-refractivity contribution >= 4 is 11.9 Å². The van der Waals surface area contributed by atoms with E-state index in [1.807, 2.05) is 0 Å². The molecule has 0 heterocycles. The van der Waals surface area contributed by atoms with Gasteiger partial charge in [0, 0.05) is 25.7 Å². The Balaban J connectivity index is 0.749. The van der Waals surface area contributed by atoms with Crippen molar-refractivity contribution in [3.8, 4) is 0 Å². The highest BCUT2D eigenvalue weighted by Crippen LogP contribution is 2.69. The van der Waals surface area contributed by atoms with E-state index in [1.165, 1.54) is 103 Å². The summed E-state index contributed by atoms with van der Waals surface area (Å²) < 4.78 is 12.4. The summed E-state index contributed by atoms with van der Waals surface area (Å²) in [4.78, 5) is 26.3. The van der Waals surface area contributed by atoms with Gasteiger partial charge in [0.1, 0.15) is 12.2 Å². The molecular weight excluding hydrogens is 785 g/mol. The molecule has 64 heavy (non-hydrogen) atoms. The van der Waals surface area contributed by atoms with Gasteiger partial charge in [0.2, 0.25) is 0 Å². The lowest BCUT2D eigenvalue weighted by Crippen LogP contribution is -2.51. The van der Waals surface area contributed by atoms with Gasteiger partial charge >= 0.3 is 11.9 Å². The van der Waals surface area contributed by atoms with Gasteiger partial charge in [-0.1, -0.05) is 131 Å². The molecule has 362 valence electrons. The molecule has 0 saturated heterocycles. The smallest absolute Gasteiger partial charge is 0.306 e. The Morgan fingerprint density at radius 3 is 1.31 bits per heavy atom. The van der Waals surface area contributed by atoms with Crippen molar-refractivity contribution in [2.45, 2.75) is 248 Å². The SMILES string of the molecule is CC(C)CCC[C@@H](C)[C@H]1CCC2C3CC=C4CC(OC(=O)CCCCC(=O)OC5CC[C@@]6(C)C(=CCC7C6CC[C@@]6(C)C7CC[C@@H]6[C@H](C)CCCC(C)C)C5)CC[C@]4(C)C3CC[C@@]21C. The number of carbonyl (C=O) groups excluding carboxylic acids is 2. The molecule has 0 spiro atoms. The lowest BCUT2D eigenvalue weighted by Gasteiger charge is -2.58. The second-order valence-corrected chi connectivity index (χ2v) is 26.5. The summed E-state index contributed by atoms with van der Waals surface area (Å²) in [5, 5.41) is 0. The molecule has 0 aromatic heterocycles. The second-order valence-electron chi connectivity index (χ2n) is 26.5. The van der Waals surface area contributed by atoms with Crippen LogP contribution >= 0.6 is 0 Å². The van der Waals surface area contributed by atoms with Crippen LogP contribution in [-0.4, -0.2) is 24.1 Å². The number of ether oxygens (including phenoxy) is 2. The number of rotatable bonds is 17. The molecule has 0 aromatic carbocycles. The van der Waals surface area contributed by atoms with Crippen molar-refractivity contribution in [2.75, 3.05) is 0 Å². The zero-order valence-corrected chi connectivity index (χ0v) is 43.3. The van der Waals surface area contributed by atoms with Crippen LogP contribution in [-0.2, 0) is 19.1 Å². The van der Waals surface area contributed by atoms with Crippen LogP contribution in [0.2, 0.25) is 0 Å². The monoisotopic (exact) mass is 883 g/mol. The van der Waals surface area contributed by atoms with Crippen LogP contribution in [0.5, 0.6) is 0 Å². The minimum Gasteiger partial charge on any atom is -0.462 e. The van der Waals surface area contributed by atoms with Crippen molar-refractivity contribution in [3.63, 3.8) is 0 Å². The molecule has 0 bridgehead atoms. The third kappa shape index (κ3) is 9.55. The summed E-state index contributed by atoms with van der Waals surface area (Å²) >= 11 is 0. The molecule has 0 aliphatic heterocycles. The highest BCUT2D eigenvalue weighted by Gasteiger charge is 2.61. The maximum Gasteiger partial charge on any atom is 0.306 e. The molecule has 4 nitrogen and oxygen atoms in total. The number of allylic oxidation sites excluding steroid dienone is 2. The molecule has 0 radical (unpaired) electrons. The summed E-state index contributed by atoms with van der Waals surface area (Å²) in [6.45, 7) is 25.2. The molecule has 6 saturated carbocycles. The number of carbonyl (C=O) groups is 2. The van der Waals surface area contributed by atoms with Gasteiger partial charge in [-0.05, 0) is 195 Å². The fourth-order valence-electron chi connectivity index (χ4n) is 18.5. The fourth-order valence-corrected chi connectivity index (χ4v) is 18.5. The third-order valence-corrected chi connectivity index (χ3v) is 22.1. The summed E-state index contributed by atoms with van der Waals surface area (Å²) in [6, 6.07) is 0. The van der Waals surface area contributed by atoms with Crippen LogP contribution in [0.4, 0.5) is 0 Å². The highest BCUT2D eigenvalue weighted by molar-refractivity contribution is 5.71. The van der Waals surface area contributed by atoms with E-state index in [9.17, 15) is 9.59 Å². The van der Waals surface area contributed by atoms with E-state index in [0.717, 1.165) is 110 Å². The Morgan fingerprint density at radius 2 is 0.922 bits per heavy atom. The van der Waals surface area contributed by atoms with E-state index < -0.39 is 0 Å². The van der Waals surface area contributed by atoms with Crippen LogP contribution < -0.4 is 0 Å². The first-order valence-corrected chi connectivity index (χ1v) is 28.2. The molecule has 8 unspecified atom stereocenters. The quantitative estimate of drug-likeness (QED) is 0.0830. The second kappa shape index (κ2) is 19.8. The number of esters is 2. The van der Waals surface area contributed by atoms with E-state index in [0.29, 0.717) is 36.5 Å². The summed E-state index contributed by atoms with van der Waals surface area (Å²) in [5.41, 5.74) is 4.75. The topological polar surface area (TPSA) is 52.6 Å². The van der Waals surface area contributed by atoms with E-state index in [1.54, 1.807) is 11.1 Å². The van der Waals surface area contributed by atoms with Gasteiger partial charge in [-0.15, -0.1) is 0 Å². The first kappa shape index (κ1) is 48.9. The third-order valence-electron chi connectivity index (χ3n) is 22.1. The largest absolute Gasteiger partial charge is 0.462 e.